The first-order valence-electron chi connectivity index (χ1n) is 12.8. The van der Waals surface area contributed by atoms with E-state index in [1.54, 1.807) is 24.3 Å². The second-order valence-electron chi connectivity index (χ2n) is 9.42. The topological polar surface area (TPSA) is 98.2 Å². The number of nitrogens with zero attached hydrogens (tertiary/aromatic N) is 2. The van der Waals surface area contributed by atoms with Crippen molar-refractivity contribution < 1.29 is 28.9 Å². The molecule has 198 valence electrons. The fourth-order valence-electron chi connectivity index (χ4n) is 4.81. The average Bonchev–Trinajstić information content (AvgIpc) is 3.48. The minimum atomic E-state index is -0.912. The van der Waals surface area contributed by atoms with Gasteiger partial charge in [-0.15, -0.1) is 0 Å². The van der Waals surface area contributed by atoms with Gasteiger partial charge in [-0.2, -0.15) is 0 Å². The third-order valence-corrected chi connectivity index (χ3v) is 7.66. The van der Waals surface area contributed by atoms with Crippen LogP contribution in [0.2, 0.25) is 0 Å². The molecule has 1 atom stereocenters. The van der Waals surface area contributed by atoms with Crippen LogP contribution >= 0.6 is 11.3 Å². The highest BCUT2D eigenvalue weighted by Crippen LogP contribution is 2.45. The van der Waals surface area contributed by atoms with Crippen LogP contribution in [0.1, 0.15) is 36.1 Å². The first-order chi connectivity index (χ1) is 18.9. The number of rotatable bonds is 6. The second kappa shape index (κ2) is 10.1. The van der Waals surface area contributed by atoms with Gasteiger partial charge >= 0.3 is 5.91 Å². The number of Topliss-reactive ketones (excluding diaryl/α,β-unsaturated/α-hetero) is 1. The van der Waals surface area contributed by atoms with Gasteiger partial charge in [0.25, 0.3) is 5.78 Å². The van der Waals surface area contributed by atoms with E-state index in [2.05, 4.69) is 0 Å². The summed E-state index contributed by atoms with van der Waals surface area (Å²) in [6.45, 7) is 5.34. The first-order valence-corrected chi connectivity index (χ1v) is 13.6. The maximum absolute atomic E-state index is 13.6. The predicted molar refractivity (Wildman–Crippen MR) is 149 cm³/mol. The lowest BCUT2D eigenvalue weighted by atomic mass is 9.95. The summed E-state index contributed by atoms with van der Waals surface area (Å²) >= 11 is 1.33. The molecule has 9 heteroatoms. The monoisotopic (exact) mass is 542 g/mol. The molecule has 3 aromatic carbocycles. The third-order valence-electron chi connectivity index (χ3n) is 6.65. The van der Waals surface area contributed by atoms with Crippen molar-refractivity contribution in [3.63, 3.8) is 0 Å². The minimum absolute atomic E-state index is 0.0280. The van der Waals surface area contributed by atoms with Crippen LogP contribution < -0.4 is 19.1 Å². The molecular formula is C30H26N2O6S. The minimum Gasteiger partial charge on any atom is -0.507 e. The summed E-state index contributed by atoms with van der Waals surface area (Å²) in [6, 6.07) is 17.1. The molecule has 0 aliphatic carbocycles. The number of aliphatic hydroxyl groups excluding tert-OH is 1. The number of benzene rings is 3. The number of hydrogen-bond acceptors (Lipinski definition) is 8. The second-order valence-corrected chi connectivity index (χ2v) is 10.4. The Bertz CT molecular complexity index is 1640. The fourth-order valence-corrected chi connectivity index (χ4v) is 5.90. The van der Waals surface area contributed by atoms with Gasteiger partial charge in [-0.05, 0) is 66.9 Å². The smallest absolute Gasteiger partial charge is 0.301 e. The molecular weight excluding hydrogens is 516 g/mol. The van der Waals surface area contributed by atoms with Crippen LogP contribution in [-0.2, 0) is 9.59 Å². The molecule has 1 amide bonds. The highest BCUT2D eigenvalue weighted by Gasteiger charge is 2.48. The summed E-state index contributed by atoms with van der Waals surface area (Å²) in [7, 11) is 0. The molecule has 0 saturated carbocycles. The number of fused-ring (bicyclic) bond motifs is 2. The van der Waals surface area contributed by atoms with Crippen molar-refractivity contribution in [1.82, 2.24) is 4.98 Å². The van der Waals surface area contributed by atoms with Crippen molar-refractivity contribution in [2.24, 2.45) is 0 Å². The molecule has 6 rings (SSSR count). The fraction of sp³-hybridized carbons (Fsp3) is 0.233. The zero-order valence-corrected chi connectivity index (χ0v) is 22.3. The number of thiazole rings is 1. The van der Waals surface area contributed by atoms with Gasteiger partial charge in [0.05, 0.1) is 28.4 Å². The van der Waals surface area contributed by atoms with E-state index in [0.717, 1.165) is 22.2 Å². The van der Waals surface area contributed by atoms with E-state index < -0.39 is 17.7 Å². The lowest BCUT2D eigenvalue weighted by Gasteiger charge is -2.23. The van der Waals surface area contributed by atoms with Crippen LogP contribution in [-0.4, -0.2) is 41.6 Å². The highest BCUT2D eigenvalue weighted by molar-refractivity contribution is 7.22. The largest absolute Gasteiger partial charge is 0.507 e. The zero-order valence-electron chi connectivity index (χ0n) is 21.5. The summed E-state index contributed by atoms with van der Waals surface area (Å²) < 4.78 is 18.0. The molecule has 1 saturated heterocycles. The number of anilines is 1. The Morgan fingerprint density at radius 1 is 1.08 bits per heavy atom. The number of ketones is 1. The number of amides is 1. The predicted octanol–water partition coefficient (Wildman–Crippen LogP) is 5.79. The first kappa shape index (κ1) is 24.9. The van der Waals surface area contributed by atoms with Crippen molar-refractivity contribution in [2.75, 3.05) is 24.7 Å². The van der Waals surface area contributed by atoms with E-state index >= 15 is 0 Å². The maximum Gasteiger partial charge on any atom is 0.301 e. The van der Waals surface area contributed by atoms with Gasteiger partial charge in [-0.3, -0.25) is 14.5 Å². The molecule has 0 radical (unpaired) electrons. The van der Waals surface area contributed by atoms with Crippen LogP contribution in [0.15, 0.2) is 66.2 Å². The van der Waals surface area contributed by atoms with Crippen LogP contribution in [0.3, 0.4) is 0 Å². The van der Waals surface area contributed by atoms with E-state index in [0.29, 0.717) is 53.3 Å². The molecule has 2 aliphatic rings. The Kier molecular flexibility index (Phi) is 6.44. The molecule has 8 nitrogen and oxygen atoms in total. The Labute approximate surface area is 229 Å². The summed E-state index contributed by atoms with van der Waals surface area (Å²) in [6.07, 6.45) is 0.831. The number of ether oxygens (including phenoxy) is 3. The van der Waals surface area contributed by atoms with Crippen LogP contribution in [0.25, 0.3) is 16.0 Å². The number of aromatic nitrogens is 1. The van der Waals surface area contributed by atoms with Gasteiger partial charge in [0.2, 0.25) is 0 Å². The van der Waals surface area contributed by atoms with Gasteiger partial charge < -0.3 is 19.3 Å². The molecule has 2 aliphatic heterocycles. The SMILES string of the molecule is CCCOc1cccc(C2C(=C(O)c3ccc4c(c3)OCCO4)C(=O)C(=O)N2c2nc3ccc(C)cc3s2)c1. The van der Waals surface area contributed by atoms with Gasteiger partial charge in [-0.25, -0.2) is 4.98 Å². The third kappa shape index (κ3) is 4.48. The van der Waals surface area contributed by atoms with Crippen LogP contribution in [0.4, 0.5) is 5.13 Å². The molecule has 0 spiro atoms. The van der Waals surface area contributed by atoms with E-state index in [1.807, 2.05) is 50.2 Å². The van der Waals surface area contributed by atoms with Gasteiger partial charge in [0, 0.05) is 5.56 Å². The Hall–Kier alpha value is -4.37. The number of aryl methyl sites for hydroxylation is 1. The highest BCUT2D eigenvalue weighted by atomic mass is 32.1. The van der Waals surface area contributed by atoms with Crippen molar-refractivity contribution in [3.05, 3.63) is 82.9 Å². The van der Waals surface area contributed by atoms with Crippen LogP contribution in [0.5, 0.6) is 17.2 Å². The van der Waals surface area contributed by atoms with Crippen molar-refractivity contribution >= 4 is 44.1 Å². The van der Waals surface area contributed by atoms with E-state index in [9.17, 15) is 14.7 Å². The maximum atomic E-state index is 13.6. The molecule has 1 unspecified atom stereocenters. The summed E-state index contributed by atoms with van der Waals surface area (Å²) in [5, 5.41) is 11.9. The molecule has 1 aromatic heterocycles. The number of aliphatic hydroxyl groups is 1. The summed E-state index contributed by atoms with van der Waals surface area (Å²) in [5.74, 6) is -0.209. The number of hydrogen-bond donors (Lipinski definition) is 1. The molecule has 39 heavy (non-hydrogen) atoms. The van der Waals surface area contributed by atoms with Crippen LogP contribution in [0, 0.1) is 6.92 Å². The average molecular weight is 543 g/mol. The molecule has 3 heterocycles. The van der Waals surface area contributed by atoms with Gasteiger partial charge in [0.1, 0.15) is 24.7 Å². The quantitative estimate of drug-likeness (QED) is 0.187. The van der Waals surface area contributed by atoms with E-state index in [4.69, 9.17) is 19.2 Å². The summed E-state index contributed by atoms with van der Waals surface area (Å²) in [5.41, 5.74) is 2.74. The Morgan fingerprint density at radius 3 is 2.72 bits per heavy atom. The molecule has 0 bridgehead atoms. The molecule has 4 aromatic rings. The lowest BCUT2D eigenvalue weighted by Crippen LogP contribution is -2.29. The molecule has 1 fully saturated rings. The van der Waals surface area contributed by atoms with Gasteiger partial charge in [0.15, 0.2) is 16.6 Å². The normalized spacial score (nSPS) is 18.1. The van der Waals surface area contributed by atoms with Crippen molar-refractivity contribution in [2.45, 2.75) is 26.3 Å². The van der Waals surface area contributed by atoms with Crippen molar-refractivity contribution in [1.29, 1.82) is 0 Å². The summed E-state index contributed by atoms with van der Waals surface area (Å²) in [4.78, 5) is 33.2. The lowest BCUT2D eigenvalue weighted by molar-refractivity contribution is -0.132. The van der Waals surface area contributed by atoms with Gasteiger partial charge in [-0.1, -0.05) is 36.5 Å². The molecule has 1 N–H and O–H groups in total. The van der Waals surface area contributed by atoms with Crippen molar-refractivity contribution in [3.8, 4) is 17.2 Å². The number of carbonyl (C=O) groups excluding carboxylic acids is 2. The Balaban J connectivity index is 1.52. The zero-order chi connectivity index (χ0) is 27.1. The van der Waals surface area contributed by atoms with E-state index in [1.165, 1.54) is 16.2 Å². The number of carbonyl (C=O) groups is 2. The van der Waals surface area contributed by atoms with E-state index in [-0.39, 0.29) is 11.3 Å². The Morgan fingerprint density at radius 2 is 1.90 bits per heavy atom. The standard InChI is InChI=1S/C30H26N2O6S/c1-3-11-36-20-6-4-5-18(15-20)26-25(27(33)19-8-10-22-23(16-19)38-13-12-37-22)28(34)29(35)32(26)30-31-21-9-7-17(2)14-24(21)39-30/h4-10,14-16,26,33H,3,11-13H2,1-2H3.